The summed E-state index contributed by atoms with van der Waals surface area (Å²) in [6, 6.07) is 1.72. The maximum atomic E-state index is 7.66. The Morgan fingerprint density at radius 2 is 1.67 bits per heavy atom. The molecule has 0 aromatic carbocycles. The van der Waals surface area contributed by atoms with Crippen LogP contribution >= 0.6 is 0 Å². The second kappa shape index (κ2) is 16.1. The minimum Gasteiger partial charge on any atom is -0.192 e. The Balaban J connectivity index is 0. The Morgan fingerprint density at radius 3 is 1.67 bits per heavy atom. The third-order valence-corrected chi connectivity index (χ3v) is 0.333. The van der Waals surface area contributed by atoms with E-state index in [0.29, 0.717) is 0 Å². The summed E-state index contributed by atoms with van der Waals surface area (Å²) in [4.78, 5) is 0. The van der Waals surface area contributed by atoms with Gasteiger partial charge >= 0.3 is 0 Å². The van der Waals surface area contributed by atoms with Gasteiger partial charge in [-0.25, -0.2) is 0 Å². The lowest BCUT2D eigenvalue weighted by atomic mass is 10.6. The van der Waals surface area contributed by atoms with E-state index < -0.39 is 0 Å². The zero-order valence-corrected chi connectivity index (χ0v) is 5.30. The summed E-state index contributed by atoms with van der Waals surface area (Å²) < 4.78 is 0. The van der Waals surface area contributed by atoms with E-state index in [2.05, 4.69) is 25.5 Å². The SMILES string of the molecule is C=C=CC#N.C=CC=C. The van der Waals surface area contributed by atoms with Crippen molar-refractivity contribution in [1.82, 2.24) is 0 Å². The number of nitriles is 1. The Labute approximate surface area is 55.9 Å². The van der Waals surface area contributed by atoms with Crippen molar-refractivity contribution in [3.63, 3.8) is 0 Å². The van der Waals surface area contributed by atoms with Crippen LogP contribution in [0, 0.1) is 11.3 Å². The molecule has 0 saturated heterocycles. The smallest absolute Gasteiger partial charge is 0.0996 e. The minimum absolute atomic E-state index is 1.19. The Morgan fingerprint density at radius 1 is 1.22 bits per heavy atom. The monoisotopic (exact) mass is 119 g/mol. The molecule has 0 aromatic heterocycles. The van der Waals surface area contributed by atoms with E-state index in [0.717, 1.165) is 0 Å². The molecular formula is C8H9N. The van der Waals surface area contributed by atoms with Crippen molar-refractivity contribution in [1.29, 1.82) is 5.26 Å². The lowest BCUT2D eigenvalue weighted by molar-refractivity contribution is 1.54. The standard InChI is InChI=1S/C4H3N.C4H6/c1-2-3-4-5;1-3-4-2/h3H,1H2;3-4H,1-2H2. The molecule has 0 radical (unpaired) electrons. The summed E-state index contributed by atoms with van der Waals surface area (Å²) in [6.45, 7) is 9.87. The molecule has 0 spiro atoms. The van der Waals surface area contributed by atoms with E-state index in [1.165, 1.54) is 6.08 Å². The van der Waals surface area contributed by atoms with Gasteiger partial charge in [0.1, 0.15) is 0 Å². The molecule has 0 aliphatic rings. The highest BCUT2D eigenvalue weighted by molar-refractivity contribution is 4.98. The first kappa shape index (κ1) is 10.5. The lowest BCUT2D eigenvalue weighted by Crippen LogP contribution is -1.28. The summed E-state index contributed by atoms with van der Waals surface area (Å²) in [5.41, 5.74) is 2.28. The predicted molar refractivity (Wildman–Crippen MR) is 39.7 cm³/mol. The van der Waals surface area contributed by atoms with Crippen LogP contribution in [-0.4, -0.2) is 0 Å². The number of hydrogen-bond donors (Lipinski definition) is 0. The molecule has 0 bridgehead atoms. The minimum atomic E-state index is 1.19. The van der Waals surface area contributed by atoms with Crippen LogP contribution in [0.2, 0.25) is 0 Å². The van der Waals surface area contributed by atoms with Gasteiger partial charge in [0, 0.05) is 0 Å². The van der Waals surface area contributed by atoms with E-state index in [1.807, 2.05) is 0 Å². The maximum Gasteiger partial charge on any atom is 0.0996 e. The van der Waals surface area contributed by atoms with Crippen LogP contribution in [0.1, 0.15) is 0 Å². The molecule has 0 aromatic rings. The average Bonchev–Trinajstić information content (AvgIpc) is 1.91. The zero-order valence-electron chi connectivity index (χ0n) is 5.30. The van der Waals surface area contributed by atoms with Gasteiger partial charge in [0.25, 0.3) is 0 Å². The third-order valence-electron chi connectivity index (χ3n) is 0.333. The highest BCUT2D eigenvalue weighted by Gasteiger charge is 1.40. The van der Waals surface area contributed by atoms with Crippen molar-refractivity contribution in [3.05, 3.63) is 43.7 Å². The second-order valence-corrected chi connectivity index (χ2v) is 0.949. The van der Waals surface area contributed by atoms with Crippen LogP contribution in [0.15, 0.2) is 43.7 Å². The van der Waals surface area contributed by atoms with E-state index >= 15 is 0 Å². The number of hydrogen-bond acceptors (Lipinski definition) is 1. The quantitative estimate of drug-likeness (QED) is 0.295. The van der Waals surface area contributed by atoms with E-state index in [9.17, 15) is 0 Å². The molecule has 0 rings (SSSR count). The van der Waals surface area contributed by atoms with E-state index in [-0.39, 0.29) is 0 Å². The van der Waals surface area contributed by atoms with Crippen molar-refractivity contribution in [2.45, 2.75) is 0 Å². The summed E-state index contributed by atoms with van der Waals surface area (Å²) in [7, 11) is 0. The molecule has 0 fully saturated rings. The van der Waals surface area contributed by atoms with Crippen molar-refractivity contribution in [2.24, 2.45) is 0 Å². The molecule has 0 N–H and O–H groups in total. The highest BCUT2D eigenvalue weighted by atomic mass is 14.2. The number of rotatable bonds is 1. The normalized spacial score (nSPS) is 4.33. The lowest BCUT2D eigenvalue weighted by Gasteiger charge is -1.44. The van der Waals surface area contributed by atoms with Gasteiger partial charge in [0.15, 0.2) is 0 Å². The van der Waals surface area contributed by atoms with Crippen LogP contribution in [0.5, 0.6) is 0 Å². The van der Waals surface area contributed by atoms with Crippen LogP contribution in [0.25, 0.3) is 0 Å². The molecule has 1 nitrogen and oxygen atoms in total. The van der Waals surface area contributed by atoms with Crippen LogP contribution in [-0.2, 0) is 0 Å². The maximum absolute atomic E-state index is 7.66. The van der Waals surface area contributed by atoms with E-state index in [1.54, 1.807) is 18.2 Å². The van der Waals surface area contributed by atoms with Crippen molar-refractivity contribution >= 4 is 0 Å². The Hall–Kier alpha value is -1.51. The first-order valence-electron chi connectivity index (χ1n) is 2.30. The largest absolute Gasteiger partial charge is 0.192 e. The van der Waals surface area contributed by atoms with Gasteiger partial charge in [0.2, 0.25) is 0 Å². The number of nitrogens with zero attached hydrogens (tertiary/aromatic N) is 1. The highest BCUT2D eigenvalue weighted by Crippen LogP contribution is 1.52. The van der Waals surface area contributed by atoms with Gasteiger partial charge in [0.05, 0.1) is 12.1 Å². The van der Waals surface area contributed by atoms with Gasteiger partial charge in [-0.2, -0.15) is 5.26 Å². The van der Waals surface area contributed by atoms with Gasteiger partial charge in [-0.1, -0.05) is 31.9 Å². The first-order chi connectivity index (χ1) is 4.33. The molecule has 0 heterocycles. The molecule has 0 saturated carbocycles. The van der Waals surface area contributed by atoms with Gasteiger partial charge in [-0.05, 0) is 0 Å². The fourth-order valence-corrected chi connectivity index (χ4v) is 0.0456. The van der Waals surface area contributed by atoms with Gasteiger partial charge in [-0.15, -0.1) is 5.73 Å². The second-order valence-electron chi connectivity index (χ2n) is 0.949. The fourth-order valence-electron chi connectivity index (χ4n) is 0.0456. The molecule has 0 unspecified atom stereocenters. The zero-order chi connectivity index (χ0) is 7.54. The molecule has 0 aliphatic heterocycles. The first-order valence-corrected chi connectivity index (χ1v) is 2.30. The molecule has 46 valence electrons. The molecule has 0 aliphatic carbocycles. The predicted octanol–water partition coefficient (Wildman–Crippen LogP) is 2.21. The Bertz CT molecular complexity index is 148. The van der Waals surface area contributed by atoms with Crippen molar-refractivity contribution in [2.75, 3.05) is 0 Å². The van der Waals surface area contributed by atoms with Crippen molar-refractivity contribution in [3.8, 4) is 6.07 Å². The van der Waals surface area contributed by atoms with Gasteiger partial charge in [-0.3, -0.25) is 0 Å². The topological polar surface area (TPSA) is 23.8 Å². The van der Waals surface area contributed by atoms with Gasteiger partial charge < -0.3 is 0 Å². The van der Waals surface area contributed by atoms with Crippen LogP contribution in [0.4, 0.5) is 0 Å². The van der Waals surface area contributed by atoms with Crippen LogP contribution < -0.4 is 0 Å². The molecule has 0 atom stereocenters. The number of allylic oxidation sites excluding steroid dienone is 3. The molecular weight excluding hydrogens is 110 g/mol. The Kier molecular flexibility index (Phi) is 18.7. The summed E-state index contributed by atoms with van der Waals surface area (Å²) in [5.74, 6) is 0. The molecule has 9 heavy (non-hydrogen) atoms. The molecule has 0 amide bonds. The average molecular weight is 119 g/mol. The molecule has 1 heteroatoms. The summed E-state index contributed by atoms with van der Waals surface area (Å²) >= 11 is 0. The summed E-state index contributed by atoms with van der Waals surface area (Å²) in [6.07, 6.45) is 4.47. The fraction of sp³-hybridized carbons (Fsp3) is 0. The van der Waals surface area contributed by atoms with E-state index in [4.69, 9.17) is 5.26 Å². The third kappa shape index (κ3) is 58.9. The summed E-state index contributed by atoms with van der Waals surface area (Å²) in [5, 5.41) is 7.66. The van der Waals surface area contributed by atoms with Crippen molar-refractivity contribution < 1.29 is 0 Å². The van der Waals surface area contributed by atoms with Crippen LogP contribution in [0.3, 0.4) is 0 Å².